The molecule has 18 valence electrons. The van der Waals surface area contributed by atoms with E-state index in [0.717, 1.165) is 0 Å². The van der Waals surface area contributed by atoms with Gasteiger partial charge in [0, 0.05) is 58.8 Å². The molecule has 0 amide bonds. The third-order valence-corrected chi connectivity index (χ3v) is 0. The summed E-state index contributed by atoms with van der Waals surface area (Å²) in [4.78, 5) is 0. The molecule has 0 fully saturated rings. The van der Waals surface area contributed by atoms with Gasteiger partial charge < -0.3 is 4.28 Å². The van der Waals surface area contributed by atoms with Crippen LogP contribution in [-0.2, 0) is 17.1 Å². The SMILES string of the molecule is [Ce].[Fe].[H-].[H-].[H-].[K+].[Mg+2]. The zero-order valence-corrected chi connectivity index (χ0v) is 11.3. The molecule has 0 nitrogen and oxygen atoms in total. The summed E-state index contributed by atoms with van der Waals surface area (Å²) in [6.07, 6.45) is 0. The molecule has 0 aliphatic rings. The minimum absolute atomic E-state index is 0. The van der Waals surface area contributed by atoms with E-state index in [4.69, 9.17) is 0 Å². The van der Waals surface area contributed by atoms with Crippen LogP contribution >= 0.6 is 0 Å². The predicted molar refractivity (Wildman–Crippen MR) is 9.09 cm³/mol. The van der Waals surface area contributed by atoms with Crippen molar-refractivity contribution in [2.75, 3.05) is 0 Å². The summed E-state index contributed by atoms with van der Waals surface area (Å²) >= 11 is 0. The third-order valence-electron chi connectivity index (χ3n) is 0. The second-order valence-corrected chi connectivity index (χ2v) is 0. The van der Waals surface area contributed by atoms with Crippen molar-refractivity contribution in [3.05, 3.63) is 0 Å². The maximum atomic E-state index is 0. The fraction of sp³-hybridized carbons (Fsp3) is 0. The smallest absolute Gasteiger partial charge is 1.00 e. The van der Waals surface area contributed by atoms with Crippen LogP contribution in [0.5, 0.6) is 0 Å². The normalized spacial score (nSPS) is 0. The van der Waals surface area contributed by atoms with Gasteiger partial charge in [-0.2, -0.15) is 0 Å². The van der Waals surface area contributed by atoms with E-state index < -0.39 is 0 Å². The molecule has 0 N–H and O–H groups in total. The molecule has 4 heavy (non-hydrogen) atoms. The Balaban J connectivity index is 0. The quantitative estimate of drug-likeness (QED) is 0.407. The second-order valence-electron chi connectivity index (χ2n) is 0. The zero-order valence-electron chi connectivity index (χ0n) is 5.56. The molecular formula is H3CeFeKMg. The van der Waals surface area contributed by atoms with E-state index in [1.54, 1.807) is 0 Å². The maximum Gasteiger partial charge on any atom is 2.00 e. The van der Waals surface area contributed by atoms with Gasteiger partial charge in [0.2, 0.25) is 0 Å². The van der Waals surface area contributed by atoms with Gasteiger partial charge in [0.1, 0.15) is 0 Å². The molecule has 0 bridgehead atoms. The van der Waals surface area contributed by atoms with Crippen LogP contribution in [0, 0.1) is 41.7 Å². The summed E-state index contributed by atoms with van der Waals surface area (Å²) in [5, 5.41) is 0. The van der Waals surface area contributed by atoms with Gasteiger partial charge in [-0.1, -0.05) is 0 Å². The largest absolute Gasteiger partial charge is 2.00 e. The minimum Gasteiger partial charge on any atom is -1.00 e. The number of hydrogen-bond acceptors (Lipinski definition) is 0. The van der Waals surface area contributed by atoms with Crippen molar-refractivity contribution in [1.82, 2.24) is 0 Å². The van der Waals surface area contributed by atoms with Crippen LogP contribution in [0.15, 0.2) is 0 Å². The molecular weight excluding hydrogens is 259 g/mol. The van der Waals surface area contributed by atoms with E-state index in [1.165, 1.54) is 0 Å². The molecule has 4 heteroatoms. The Labute approximate surface area is 133 Å². The fourth-order valence-electron chi connectivity index (χ4n) is 0. The van der Waals surface area contributed by atoms with Crippen LogP contribution in [0.1, 0.15) is 4.28 Å². The predicted octanol–water partition coefficient (Wildman–Crippen LogP) is -3.04. The number of rotatable bonds is 0. The van der Waals surface area contributed by atoms with Crippen molar-refractivity contribution in [3.63, 3.8) is 0 Å². The summed E-state index contributed by atoms with van der Waals surface area (Å²) in [6, 6.07) is 0. The second kappa shape index (κ2) is 15.7. The zero-order chi connectivity index (χ0) is 0. The van der Waals surface area contributed by atoms with Gasteiger partial charge in [-0.25, -0.2) is 0 Å². The molecule has 0 aromatic carbocycles. The molecule has 0 heterocycles. The first-order valence-electron chi connectivity index (χ1n) is 0. The average Bonchev–Trinajstić information content (AvgIpc) is 0. The molecule has 0 radical (unpaired) electrons. The van der Waals surface area contributed by atoms with Crippen molar-refractivity contribution >= 4 is 23.1 Å². The monoisotopic (exact) mass is 262 g/mol. The van der Waals surface area contributed by atoms with Crippen molar-refractivity contribution in [3.8, 4) is 0 Å². The van der Waals surface area contributed by atoms with Crippen LogP contribution in [0.25, 0.3) is 0 Å². The van der Waals surface area contributed by atoms with Crippen molar-refractivity contribution in [2.24, 2.45) is 0 Å². The van der Waals surface area contributed by atoms with Crippen molar-refractivity contribution in [1.29, 1.82) is 0 Å². The van der Waals surface area contributed by atoms with E-state index >= 15 is 0 Å². The van der Waals surface area contributed by atoms with Gasteiger partial charge in [0.05, 0.1) is 0 Å². The topological polar surface area (TPSA) is 0 Å². The Morgan fingerprint density at radius 1 is 1.25 bits per heavy atom. The van der Waals surface area contributed by atoms with Gasteiger partial charge in [-0.15, -0.1) is 0 Å². The molecule has 0 rings (SSSR count). The van der Waals surface area contributed by atoms with Crippen molar-refractivity contribution < 1.29 is 114 Å². The summed E-state index contributed by atoms with van der Waals surface area (Å²) < 4.78 is 0. The molecule has 0 aliphatic heterocycles. The Bertz CT molecular complexity index is 14.9. The summed E-state index contributed by atoms with van der Waals surface area (Å²) in [6.45, 7) is 0. The van der Waals surface area contributed by atoms with Gasteiger partial charge >= 0.3 is 74.4 Å². The Morgan fingerprint density at radius 3 is 1.25 bits per heavy atom. The van der Waals surface area contributed by atoms with Crippen LogP contribution in [0.3, 0.4) is 0 Å². The molecule has 0 aliphatic carbocycles. The van der Waals surface area contributed by atoms with Gasteiger partial charge in [0.25, 0.3) is 0 Å². The Kier molecular flexibility index (Phi) is 93.7. The fourth-order valence-corrected chi connectivity index (χ4v) is 0. The van der Waals surface area contributed by atoms with E-state index in [-0.39, 0.29) is 138 Å². The minimum atomic E-state index is 0. The van der Waals surface area contributed by atoms with Gasteiger partial charge in [0.15, 0.2) is 0 Å². The molecule has 0 spiro atoms. The van der Waals surface area contributed by atoms with Crippen LogP contribution < -0.4 is 51.4 Å². The first-order valence-corrected chi connectivity index (χ1v) is 0. The summed E-state index contributed by atoms with van der Waals surface area (Å²) in [7, 11) is 0. The third kappa shape index (κ3) is 9.57. The standard InChI is InChI=1S/Ce.Fe.K.Mg.3H/q;;+1;+2;3*-1. The molecule has 0 aromatic heterocycles. The molecule has 0 saturated heterocycles. The Hall–Kier alpha value is 4.30. The maximum absolute atomic E-state index is 0. The van der Waals surface area contributed by atoms with E-state index in [0.29, 0.717) is 0 Å². The van der Waals surface area contributed by atoms with Crippen LogP contribution in [0.2, 0.25) is 0 Å². The first-order chi connectivity index (χ1) is 0. The molecule has 0 atom stereocenters. The Morgan fingerprint density at radius 2 is 1.25 bits per heavy atom. The van der Waals surface area contributed by atoms with Gasteiger partial charge in [-0.05, 0) is 0 Å². The van der Waals surface area contributed by atoms with Gasteiger partial charge in [-0.3, -0.25) is 0 Å². The summed E-state index contributed by atoms with van der Waals surface area (Å²) in [5.74, 6) is 0. The summed E-state index contributed by atoms with van der Waals surface area (Å²) in [5.41, 5.74) is 0. The molecule has 0 aromatic rings. The van der Waals surface area contributed by atoms with Crippen LogP contribution in [0.4, 0.5) is 0 Å². The van der Waals surface area contributed by atoms with E-state index in [9.17, 15) is 0 Å². The van der Waals surface area contributed by atoms with E-state index in [1.807, 2.05) is 0 Å². The van der Waals surface area contributed by atoms with Crippen molar-refractivity contribution in [2.45, 2.75) is 0 Å². The molecule has 0 unspecified atom stereocenters. The first kappa shape index (κ1) is 23.9. The van der Waals surface area contributed by atoms with Crippen LogP contribution in [-0.4, -0.2) is 23.1 Å². The molecule has 0 saturated carbocycles. The van der Waals surface area contributed by atoms with E-state index in [2.05, 4.69) is 0 Å². The number of hydrogen-bond donors (Lipinski definition) is 0. The average molecular weight is 262 g/mol.